The number of rotatable bonds is 2. The van der Waals surface area contributed by atoms with E-state index in [1.165, 1.54) is 0 Å². The van der Waals surface area contributed by atoms with Crippen LogP contribution < -0.4 is 10.6 Å². The van der Waals surface area contributed by atoms with Crippen LogP contribution in [0.5, 0.6) is 0 Å². The van der Waals surface area contributed by atoms with Crippen LogP contribution in [-0.2, 0) is 9.53 Å². The summed E-state index contributed by atoms with van der Waals surface area (Å²) in [6.45, 7) is 4.67. The van der Waals surface area contributed by atoms with Crippen molar-refractivity contribution in [3.63, 3.8) is 0 Å². The van der Waals surface area contributed by atoms with E-state index >= 15 is 0 Å². The van der Waals surface area contributed by atoms with Crippen molar-refractivity contribution in [2.45, 2.75) is 38.3 Å². The lowest BCUT2D eigenvalue weighted by Crippen LogP contribution is -2.46. The predicted octanol–water partition coefficient (Wildman–Crippen LogP) is 0.280. The summed E-state index contributed by atoms with van der Waals surface area (Å²) in [5, 5.41) is 6.35. The van der Waals surface area contributed by atoms with Crippen molar-refractivity contribution in [2.24, 2.45) is 5.92 Å². The zero-order chi connectivity index (χ0) is 10.7. The molecule has 0 saturated carbocycles. The molecule has 0 bridgehead atoms. The Morgan fingerprint density at radius 2 is 2.33 bits per heavy atom. The molecule has 2 saturated heterocycles. The summed E-state index contributed by atoms with van der Waals surface area (Å²) in [7, 11) is 0. The fourth-order valence-electron chi connectivity index (χ4n) is 2.30. The van der Waals surface area contributed by atoms with Gasteiger partial charge in [0.2, 0.25) is 5.91 Å². The van der Waals surface area contributed by atoms with Crippen LogP contribution in [0.4, 0.5) is 0 Å². The van der Waals surface area contributed by atoms with Gasteiger partial charge in [-0.3, -0.25) is 4.79 Å². The third kappa shape index (κ3) is 2.69. The lowest BCUT2D eigenvalue weighted by molar-refractivity contribution is -0.126. The van der Waals surface area contributed by atoms with Crippen molar-refractivity contribution < 1.29 is 9.53 Å². The molecule has 2 rings (SSSR count). The van der Waals surface area contributed by atoms with E-state index in [0.717, 1.165) is 39.0 Å². The van der Waals surface area contributed by atoms with E-state index in [-0.39, 0.29) is 24.0 Å². The predicted molar refractivity (Wildman–Crippen MR) is 57.6 cm³/mol. The van der Waals surface area contributed by atoms with Gasteiger partial charge in [-0.25, -0.2) is 0 Å². The minimum atomic E-state index is 0.159. The second-order valence-electron chi connectivity index (χ2n) is 4.52. The molecule has 1 amide bonds. The Morgan fingerprint density at radius 1 is 1.47 bits per heavy atom. The molecule has 2 heterocycles. The average Bonchev–Trinajstić information content (AvgIpc) is 2.66. The van der Waals surface area contributed by atoms with Crippen LogP contribution in [-0.4, -0.2) is 37.7 Å². The van der Waals surface area contributed by atoms with Crippen LogP contribution in [0.25, 0.3) is 0 Å². The molecule has 4 heteroatoms. The highest BCUT2D eigenvalue weighted by atomic mass is 16.5. The normalized spacial score (nSPS) is 36.5. The van der Waals surface area contributed by atoms with E-state index < -0.39 is 0 Å². The number of piperidine rings is 1. The number of carbonyl (C=O) groups is 1. The summed E-state index contributed by atoms with van der Waals surface area (Å²) in [5.41, 5.74) is 0. The summed E-state index contributed by atoms with van der Waals surface area (Å²) in [4.78, 5) is 11.9. The lowest BCUT2D eigenvalue weighted by Gasteiger charge is -2.24. The minimum Gasteiger partial charge on any atom is -0.376 e. The quantitative estimate of drug-likeness (QED) is 0.691. The van der Waals surface area contributed by atoms with E-state index in [9.17, 15) is 4.79 Å². The molecule has 0 aliphatic carbocycles. The molecule has 2 fully saturated rings. The van der Waals surface area contributed by atoms with Crippen LogP contribution in [0.3, 0.4) is 0 Å². The molecule has 0 aromatic carbocycles. The Balaban J connectivity index is 1.80. The van der Waals surface area contributed by atoms with Crippen LogP contribution in [0.2, 0.25) is 0 Å². The van der Waals surface area contributed by atoms with E-state index in [2.05, 4.69) is 10.6 Å². The molecule has 15 heavy (non-hydrogen) atoms. The van der Waals surface area contributed by atoms with Gasteiger partial charge in [0.25, 0.3) is 0 Å². The zero-order valence-electron chi connectivity index (χ0n) is 9.29. The molecule has 0 aromatic rings. The fraction of sp³-hybridized carbons (Fsp3) is 0.909. The molecule has 2 N–H and O–H groups in total. The monoisotopic (exact) mass is 212 g/mol. The SMILES string of the molecule is CC1OCCC1NC(=O)C1CCCNC1. The molecule has 3 unspecified atom stereocenters. The molecule has 0 spiro atoms. The summed E-state index contributed by atoms with van der Waals surface area (Å²) < 4.78 is 5.42. The molecular formula is C11H20N2O2. The molecular weight excluding hydrogens is 192 g/mol. The first-order chi connectivity index (χ1) is 7.27. The largest absolute Gasteiger partial charge is 0.376 e. The van der Waals surface area contributed by atoms with Crippen LogP contribution in [0.15, 0.2) is 0 Å². The van der Waals surface area contributed by atoms with Gasteiger partial charge in [-0.05, 0) is 32.7 Å². The topological polar surface area (TPSA) is 50.4 Å². The summed E-state index contributed by atoms with van der Waals surface area (Å²) in [6.07, 6.45) is 3.24. The highest BCUT2D eigenvalue weighted by Gasteiger charge is 2.28. The number of hydrogen-bond donors (Lipinski definition) is 2. The van der Waals surface area contributed by atoms with Crippen LogP contribution >= 0.6 is 0 Å². The maximum absolute atomic E-state index is 11.9. The second kappa shape index (κ2) is 4.94. The first-order valence-corrected chi connectivity index (χ1v) is 5.90. The fourth-order valence-corrected chi connectivity index (χ4v) is 2.30. The van der Waals surface area contributed by atoms with Crippen molar-refractivity contribution in [3.8, 4) is 0 Å². The zero-order valence-corrected chi connectivity index (χ0v) is 9.29. The van der Waals surface area contributed by atoms with Crippen molar-refractivity contribution >= 4 is 5.91 Å². The third-order valence-electron chi connectivity index (χ3n) is 3.37. The first-order valence-electron chi connectivity index (χ1n) is 5.90. The van der Waals surface area contributed by atoms with E-state index in [1.54, 1.807) is 0 Å². The average molecular weight is 212 g/mol. The van der Waals surface area contributed by atoms with Gasteiger partial charge in [-0.15, -0.1) is 0 Å². The number of nitrogens with one attached hydrogen (secondary N) is 2. The van der Waals surface area contributed by atoms with Crippen molar-refractivity contribution in [1.29, 1.82) is 0 Å². The van der Waals surface area contributed by atoms with Crippen molar-refractivity contribution in [3.05, 3.63) is 0 Å². The molecule has 4 nitrogen and oxygen atoms in total. The molecule has 0 radical (unpaired) electrons. The number of hydrogen-bond acceptors (Lipinski definition) is 3. The van der Waals surface area contributed by atoms with E-state index in [4.69, 9.17) is 4.74 Å². The second-order valence-corrected chi connectivity index (χ2v) is 4.52. The summed E-state index contributed by atoms with van der Waals surface area (Å²) >= 11 is 0. The van der Waals surface area contributed by atoms with Gasteiger partial charge < -0.3 is 15.4 Å². The lowest BCUT2D eigenvalue weighted by atomic mass is 9.98. The number of amides is 1. The van der Waals surface area contributed by atoms with Gasteiger partial charge in [0, 0.05) is 13.2 Å². The first kappa shape index (κ1) is 10.9. The van der Waals surface area contributed by atoms with E-state index in [1.807, 2.05) is 6.92 Å². The Bertz CT molecular complexity index is 227. The molecule has 0 aromatic heterocycles. The van der Waals surface area contributed by atoms with Crippen LogP contribution in [0.1, 0.15) is 26.2 Å². The molecule has 3 atom stereocenters. The number of ether oxygens (including phenoxy) is 1. The Labute approximate surface area is 90.8 Å². The van der Waals surface area contributed by atoms with Gasteiger partial charge in [-0.1, -0.05) is 0 Å². The standard InChI is InChI=1S/C11H20N2O2/c1-8-10(4-6-15-8)13-11(14)9-3-2-5-12-7-9/h8-10,12H,2-7H2,1H3,(H,13,14). The van der Waals surface area contributed by atoms with Crippen molar-refractivity contribution in [1.82, 2.24) is 10.6 Å². The number of carbonyl (C=O) groups excluding carboxylic acids is 1. The Morgan fingerprint density at radius 3 is 2.93 bits per heavy atom. The molecule has 2 aliphatic rings. The van der Waals surface area contributed by atoms with Gasteiger partial charge >= 0.3 is 0 Å². The maximum Gasteiger partial charge on any atom is 0.224 e. The summed E-state index contributed by atoms with van der Waals surface area (Å²) in [6, 6.07) is 0.222. The Kier molecular flexibility index (Phi) is 3.59. The third-order valence-corrected chi connectivity index (χ3v) is 3.37. The highest BCUT2D eigenvalue weighted by Crippen LogP contribution is 2.15. The smallest absolute Gasteiger partial charge is 0.224 e. The molecule has 86 valence electrons. The van der Waals surface area contributed by atoms with Gasteiger partial charge in [0.05, 0.1) is 18.1 Å². The highest BCUT2D eigenvalue weighted by molar-refractivity contribution is 5.79. The van der Waals surface area contributed by atoms with Crippen molar-refractivity contribution in [2.75, 3.05) is 19.7 Å². The van der Waals surface area contributed by atoms with Gasteiger partial charge in [0.1, 0.15) is 0 Å². The van der Waals surface area contributed by atoms with Gasteiger partial charge in [0.15, 0.2) is 0 Å². The summed E-state index contributed by atoms with van der Waals surface area (Å²) in [5.74, 6) is 0.358. The maximum atomic E-state index is 11.9. The Hall–Kier alpha value is -0.610. The molecule has 2 aliphatic heterocycles. The minimum absolute atomic E-state index is 0.159. The van der Waals surface area contributed by atoms with Gasteiger partial charge in [-0.2, -0.15) is 0 Å². The van der Waals surface area contributed by atoms with Crippen LogP contribution in [0, 0.1) is 5.92 Å². The van der Waals surface area contributed by atoms with E-state index in [0.29, 0.717) is 0 Å².